The molecule has 2 nitrogen and oxygen atoms in total. The first-order chi connectivity index (χ1) is 8.51. The van der Waals surface area contributed by atoms with Crippen LogP contribution in [0.5, 0.6) is 0 Å². The summed E-state index contributed by atoms with van der Waals surface area (Å²) in [5.41, 5.74) is -0.301. The van der Waals surface area contributed by atoms with Gasteiger partial charge in [0, 0.05) is 0 Å². The largest absolute Gasteiger partial charge is 0.408 e. The van der Waals surface area contributed by atoms with Gasteiger partial charge in [-0.05, 0) is 38.5 Å². The van der Waals surface area contributed by atoms with Gasteiger partial charge in [0.1, 0.15) is 11.9 Å². The summed E-state index contributed by atoms with van der Waals surface area (Å²) in [5.74, 6) is -0.768. The minimum absolute atomic E-state index is 0.301. The van der Waals surface area contributed by atoms with Gasteiger partial charge in [-0.2, -0.15) is 13.2 Å². The number of halogens is 4. The van der Waals surface area contributed by atoms with Crippen LogP contribution in [0.15, 0.2) is 24.3 Å². The van der Waals surface area contributed by atoms with E-state index in [4.69, 9.17) is 0 Å². The molecule has 0 saturated heterocycles. The van der Waals surface area contributed by atoms with Gasteiger partial charge in [0.05, 0.1) is 15.7 Å². The zero-order chi connectivity index (χ0) is 14.8. The molecule has 19 heavy (non-hydrogen) atoms. The van der Waals surface area contributed by atoms with E-state index in [-0.39, 0.29) is 5.56 Å². The summed E-state index contributed by atoms with van der Waals surface area (Å²) >= 11 is 0. The zero-order valence-electron chi connectivity index (χ0n) is 10.7. The van der Waals surface area contributed by atoms with Gasteiger partial charge in [-0.1, -0.05) is 12.1 Å². The Labute approximate surface area is 111 Å². The summed E-state index contributed by atoms with van der Waals surface area (Å²) in [7, 11) is -1.91. The minimum atomic E-state index is -4.66. The second-order valence-corrected chi connectivity index (χ2v) is 7.03. The first-order valence-corrected chi connectivity index (χ1v) is 6.67. The fraction of sp³-hybridized carbons (Fsp3) is 0.500. The molecule has 0 saturated carbocycles. The molecule has 0 amide bonds. The van der Waals surface area contributed by atoms with Crippen molar-refractivity contribution in [2.24, 2.45) is 0 Å². The smallest absolute Gasteiger partial charge is 0.242 e. The van der Waals surface area contributed by atoms with Crippen LogP contribution in [0.3, 0.4) is 0 Å². The van der Waals surface area contributed by atoms with Gasteiger partial charge in [-0.3, -0.25) is 0 Å². The number of hydrogen-bond acceptors (Lipinski definition) is 1. The summed E-state index contributed by atoms with van der Waals surface area (Å²) in [6, 6.07) is 2.00. The first-order valence-electron chi connectivity index (χ1n) is 5.52. The van der Waals surface area contributed by atoms with Crippen molar-refractivity contribution >= 4 is 11.0 Å². The SMILES string of the molecule is CC(C)(C)S(=O)NC(c1cccc(F)c1)C(F)(F)F. The molecule has 0 bridgehead atoms. The molecular weight excluding hydrogens is 282 g/mol. The van der Waals surface area contributed by atoms with Crippen molar-refractivity contribution in [3.63, 3.8) is 0 Å². The number of hydrogen-bond donors (Lipinski definition) is 1. The third kappa shape index (κ3) is 4.58. The van der Waals surface area contributed by atoms with Crippen LogP contribution >= 0.6 is 0 Å². The third-order valence-electron chi connectivity index (χ3n) is 2.29. The second-order valence-electron chi connectivity index (χ2n) is 5.03. The highest BCUT2D eigenvalue weighted by Gasteiger charge is 2.43. The van der Waals surface area contributed by atoms with Gasteiger partial charge in [0.25, 0.3) is 0 Å². The van der Waals surface area contributed by atoms with E-state index in [1.54, 1.807) is 20.8 Å². The Morgan fingerprint density at radius 1 is 1.21 bits per heavy atom. The Balaban J connectivity index is 3.08. The maximum absolute atomic E-state index is 13.0. The van der Waals surface area contributed by atoms with Gasteiger partial charge in [-0.15, -0.1) is 0 Å². The number of rotatable bonds is 3. The monoisotopic (exact) mass is 297 g/mol. The molecule has 1 N–H and O–H groups in total. The molecule has 0 aliphatic heterocycles. The van der Waals surface area contributed by atoms with E-state index in [1.165, 1.54) is 6.07 Å². The number of alkyl halides is 3. The number of benzene rings is 1. The van der Waals surface area contributed by atoms with Crippen molar-refractivity contribution in [1.82, 2.24) is 4.72 Å². The van der Waals surface area contributed by atoms with Crippen LogP contribution < -0.4 is 4.72 Å². The van der Waals surface area contributed by atoms with Crippen molar-refractivity contribution in [2.75, 3.05) is 0 Å². The average molecular weight is 297 g/mol. The van der Waals surface area contributed by atoms with Crippen LogP contribution in [0.4, 0.5) is 17.6 Å². The summed E-state index contributed by atoms with van der Waals surface area (Å²) < 4.78 is 64.9. The van der Waals surface area contributed by atoms with Gasteiger partial charge in [0.15, 0.2) is 0 Å². The van der Waals surface area contributed by atoms with Crippen molar-refractivity contribution in [1.29, 1.82) is 0 Å². The predicted molar refractivity (Wildman–Crippen MR) is 66.2 cm³/mol. The van der Waals surface area contributed by atoms with Crippen LogP contribution in [0, 0.1) is 5.82 Å². The van der Waals surface area contributed by atoms with E-state index in [1.807, 2.05) is 4.72 Å². The minimum Gasteiger partial charge on any atom is -0.242 e. The average Bonchev–Trinajstić information content (AvgIpc) is 2.22. The number of nitrogens with one attached hydrogen (secondary N) is 1. The second kappa shape index (κ2) is 5.58. The van der Waals surface area contributed by atoms with E-state index in [0.29, 0.717) is 0 Å². The van der Waals surface area contributed by atoms with Crippen molar-refractivity contribution in [3.8, 4) is 0 Å². The molecule has 0 heterocycles. The lowest BCUT2D eigenvalue weighted by Gasteiger charge is -2.26. The highest BCUT2D eigenvalue weighted by molar-refractivity contribution is 7.84. The molecule has 0 aliphatic rings. The van der Waals surface area contributed by atoms with Crippen molar-refractivity contribution in [2.45, 2.75) is 37.7 Å². The van der Waals surface area contributed by atoms with E-state index in [9.17, 15) is 21.8 Å². The predicted octanol–water partition coefficient (Wildman–Crippen LogP) is 3.48. The Bertz CT molecular complexity index is 468. The highest BCUT2D eigenvalue weighted by Crippen LogP contribution is 2.34. The lowest BCUT2D eigenvalue weighted by molar-refractivity contribution is -0.152. The summed E-state index contributed by atoms with van der Waals surface area (Å²) in [4.78, 5) is 0. The van der Waals surface area contributed by atoms with Crippen LogP contribution in [0.1, 0.15) is 32.4 Å². The Morgan fingerprint density at radius 2 is 1.79 bits per heavy atom. The van der Waals surface area contributed by atoms with Gasteiger partial charge >= 0.3 is 6.18 Å². The van der Waals surface area contributed by atoms with E-state index >= 15 is 0 Å². The standard InChI is InChI=1S/C12H15F4NOS/c1-11(2,3)19(18)17-10(12(14,15)16)8-5-4-6-9(13)7-8/h4-7,10,17H,1-3H3. The molecule has 2 atom stereocenters. The molecule has 0 aromatic heterocycles. The molecule has 0 aliphatic carbocycles. The Hall–Kier alpha value is -0.950. The first kappa shape index (κ1) is 16.1. The zero-order valence-corrected chi connectivity index (χ0v) is 11.5. The van der Waals surface area contributed by atoms with Crippen LogP contribution in [-0.4, -0.2) is 15.1 Å². The van der Waals surface area contributed by atoms with Crippen LogP contribution in [0.2, 0.25) is 0 Å². The topological polar surface area (TPSA) is 29.1 Å². The molecule has 7 heteroatoms. The van der Waals surface area contributed by atoms with Gasteiger partial charge in [-0.25, -0.2) is 13.3 Å². The molecule has 0 spiro atoms. The van der Waals surface area contributed by atoms with E-state index in [0.717, 1.165) is 18.2 Å². The van der Waals surface area contributed by atoms with E-state index in [2.05, 4.69) is 0 Å². The highest BCUT2D eigenvalue weighted by atomic mass is 32.2. The maximum Gasteiger partial charge on any atom is 0.408 e. The van der Waals surface area contributed by atoms with Crippen molar-refractivity contribution in [3.05, 3.63) is 35.6 Å². The molecule has 108 valence electrons. The lowest BCUT2D eigenvalue weighted by Crippen LogP contribution is -2.41. The van der Waals surface area contributed by atoms with Gasteiger partial charge in [0.2, 0.25) is 0 Å². The molecule has 2 unspecified atom stereocenters. The summed E-state index contributed by atoms with van der Waals surface area (Å²) in [5, 5.41) is 0. The molecule has 1 aromatic rings. The third-order valence-corrected chi connectivity index (χ3v) is 3.85. The van der Waals surface area contributed by atoms with Crippen LogP contribution in [-0.2, 0) is 11.0 Å². The quantitative estimate of drug-likeness (QED) is 0.850. The summed E-state index contributed by atoms with van der Waals surface area (Å²) in [6.45, 7) is 4.65. The maximum atomic E-state index is 13.0. The molecule has 1 rings (SSSR count). The fourth-order valence-electron chi connectivity index (χ4n) is 1.29. The fourth-order valence-corrected chi connectivity index (χ4v) is 2.13. The lowest BCUT2D eigenvalue weighted by atomic mass is 10.1. The van der Waals surface area contributed by atoms with Crippen LogP contribution in [0.25, 0.3) is 0 Å². The molecule has 0 radical (unpaired) electrons. The molecule has 1 aromatic carbocycles. The molecular formula is C12H15F4NOS. The van der Waals surface area contributed by atoms with Gasteiger partial charge < -0.3 is 0 Å². The normalized spacial score (nSPS) is 16.2. The Kier molecular flexibility index (Phi) is 4.73. The summed E-state index contributed by atoms with van der Waals surface area (Å²) in [6.07, 6.45) is -4.66. The Morgan fingerprint density at radius 3 is 2.21 bits per heavy atom. The van der Waals surface area contributed by atoms with Crippen molar-refractivity contribution < 1.29 is 21.8 Å². The van der Waals surface area contributed by atoms with E-state index < -0.39 is 33.8 Å². The molecule has 0 fully saturated rings.